The fourth-order valence-corrected chi connectivity index (χ4v) is 2.21. The SMILES string of the molecule is CC(C)Cc1ccc(-c2cc(NC(C)(C)C)n[nH]2)cc1. The monoisotopic (exact) mass is 271 g/mol. The Hall–Kier alpha value is -1.77. The molecule has 3 nitrogen and oxygen atoms in total. The summed E-state index contributed by atoms with van der Waals surface area (Å²) in [5.74, 6) is 1.58. The zero-order valence-corrected chi connectivity index (χ0v) is 13.1. The molecule has 3 heteroatoms. The van der Waals surface area contributed by atoms with Crippen LogP contribution in [0.4, 0.5) is 5.82 Å². The first kappa shape index (κ1) is 14.6. The van der Waals surface area contributed by atoms with E-state index in [1.165, 1.54) is 11.1 Å². The largest absolute Gasteiger partial charge is 0.364 e. The van der Waals surface area contributed by atoms with E-state index in [1.807, 2.05) is 0 Å². The molecule has 1 aromatic heterocycles. The van der Waals surface area contributed by atoms with Crippen molar-refractivity contribution in [1.82, 2.24) is 10.2 Å². The third-order valence-electron chi connectivity index (χ3n) is 2.99. The van der Waals surface area contributed by atoms with Crippen LogP contribution < -0.4 is 5.32 Å². The lowest BCUT2D eigenvalue weighted by atomic mass is 10.0. The lowest BCUT2D eigenvalue weighted by Gasteiger charge is -2.19. The van der Waals surface area contributed by atoms with Crippen LogP contribution in [0.15, 0.2) is 30.3 Å². The Morgan fingerprint density at radius 2 is 1.80 bits per heavy atom. The molecule has 20 heavy (non-hydrogen) atoms. The highest BCUT2D eigenvalue weighted by Gasteiger charge is 2.12. The van der Waals surface area contributed by atoms with E-state index in [9.17, 15) is 0 Å². The molecule has 0 saturated carbocycles. The highest BCUT2D eigenvalue weighted by molar-refractivity contribution is 5.63. The summed E-state index contributed by atoms with van der Waals surface area (Å²) in [5, 5.41) is 10.8. The molecule has 0 aliphatic rings. The van der Waals surface area contributed by atoms with Crippen LogP contribution in [0.1, 0.15) is 40.2 Å². The molecule has 0 spiro atoms. The smallest absolute Gasteiger partial charge is 0.148 e. The van der Waals surface area contributed by atoms with Crippen LogP contribution in [0.25, 0.3) is 11.3 Å². The highest BCUT2D eigenvalue weighted by atomic mass is 15.2. The minimum atomic E-state index is 0.0214. The molecule has 0 atom stereocenters. The van der Waals surface area contributed by atoms with Gasteiger partial charge in [-0.05, 0) is 44.2 Å². The summed E-state index contributed by atoms with van der Waals surface area (Å²) in [5.41, 5.74) is 3.63. The van der Waals surface area contributed by atoms with E-state index in [-0.39, 0.29) is 5.54 Å². The Labute approximate surface area is 121 Å². The van der Waals surface area contributed by atoms with Crippen LogP contribution in [0.5, 0.6) is 0 Å². The van der Waals surface area contributed by atoms with Crippen molar-refractivity contribution in [1.29, 1.82) is 0 Å². The van der Waals surface area contributed by atoms with Gasteiger partial charge in [0.25, 0.3) is 0 Å². The molecule has 2 rings (SSSR count). The van der Waals surface area contributed by atoms with Gasteiger partial charge in [0.2, 0.25) is 0 Å². The first-order chi connectivity index (χ1) is 9.33. The third-order valence-corrected chi connectivity index (χ3v) is 2.99. The van der Waals surface area contributed by atoms with Crippen molar-refractivity contribution in [3.8, 4) is 11.3 Å². The zero-order valence-electron chi connectivity index (χ0n) is 13.1. The number of hydrogen-bond acceptors (Lipinski definition) is 2. The van der Waals surface area contributed by atoms with Crippen LogP contribution in [0.3, 0.4) is 0 Å². The van der Waals surface area contributed by atoms with Gasteiger partial charge in [-0.2, -0.15) is 5.10 Å². The van der Waals surface area contributed by atoms with Gasteiger partial charge in [-0.25, -0.2) is 0 Å². The fourth-order valence-electron chi connectivity index (χ4n) is 2.21. The molecule has 1 aromatic carbocycles. The second-order valence-electron chi connectivity index (χ2n) is 6.84. The van der Waals surface area contributed by atoms with Gasteiger partial charge in [-0.3, -0.25) is 5.10 Å². The Balaban J connectivity index is 2.12. The van der Waals surface area contributed by atoms with Gasteiger partial charge in [0.1, 0.15) is 5.82 Å². The van der Waals surface area contributed by atoms with Crippen LogP contribution >= 0.6 is 0 Å². The summed E-state index contributed by atoms with van der Waals surface area (Å²) in [6.45, 7) is 10.9. The van der Waals surface area contributed by atoms with Crippen LogP contribution in [-0.2, 0) is 6.42 Å². The van der Waals surface area contributed by atoms with Gasteiger partial charge >= 0.3 is 0 Å². The molecule has 1 heterocycles. The van der Waals surface area contributed by atoms with Crippen molar-refractivity contribution in [2.24, 2.45) is 5.92 Å². The quantitative estimate of drug-likeness (QED) is 0.860. The molecule has 0 bridgehead atoms. The van der Waals surface area contributed by atoms with E-state index in [0.29, 0.717) is 5.92 Å². The van der Waals surface area contributed by atoms with Gasteiger partial charge in [-0.15, -0.1) is 0 Å². The Kier molecular flexibility index (Phi) is 4.17. The Morgan fingerprint density at radius 1 is 1.15 bits per heavy atom. The number of benzene rings is 1. The number of aromatic amines is 1. The molecular weight excluding hydrogens is 246 g/mol. The molecule has 0 aliphatic carbocycles. The van der Waals surface area contributed by atoms with Crippen molar-refractivity contribution in [3.63, 3.8) is 0 Å². The first-order valence-electron chi connectivity index (χ1n) is 7.26. The molecule has 108 valence electrons. The number of hydrogen-bond donors (Lipinski definition) is 2. The molecule has 2 N–H and O–H groups in total. The second kappa shape index (κ2) is 5.70. The second-order valence-corrected chi connectivity index (χ2v) is 6.84. The van der Waals surface area contributed by atoms with Gasteiger partial charge in [-0.1, -0.05) is 38.1 Å². The van der Waals surface area contributed by atoms with E-state index in [4.69, 9.17) is 0 Å². The number of rotatable bonds is 4. The van der Waals surface area contributed by atoms with E-state index >= 15 is 0 Å². The van der Waals surface area contributed by atoms with E-state index in [0.717, 1.165) is 17.9 Å². The van der Waals surface area contributed by atoms with E-state index in [2.05, 4.69) is 80.5 Å². The number of anilines is 1. The normalized spacial score (nSPS) is 11.9. The molecule has 0 unspecified atom stereocenters. The fraction of sp³-hybridized carbons (Fsp3) is 0.471. The maximum absolute atomic E-state index is 4.31. The van der Waals surface area contributed by atoms with Crippen LogP contribution in [0.2, 0.25) is 0 Å². The number of nitrogens with zero attached hydrogens (tertiary/aromatic N) is 1. The third kappa shape index (κ3) is 4.12. The number of H-pyrrole nitrogens is 1. The van der Waals surface area contributed by atoms with E-state index in [1.54, 1.807) is 0 Å². The zero-order chi connectivity index (χ0) is 14.8. The summed E-state index contributed by atoms with van der Waals surface area (Å²) in [6, 6.07) is 10.8. The van der Waals surface area contributed by atoms with Crippen molar-refractivity contribution in [2.75, 3.05) is 5.32 Å². The maximum atomic E-state index is 4.31. The summed E-state index contributed by atoms with van der Waals surface area (Å²) in [7, 11) is 0. The molecule has 0 radical (unpaired) electrons. The Morgan fingerprint density at radius 3 is 2.35 bits per heavy atom. The standard InChI is InChI=1S/C17H25N3/c1-12(2)10-13-6-8-14(9-7-13)15-11-16(20-19-15)18-17(3,4)5/h6-9,11-12H,10H2,1-5H3,(H2,18,19,20). The first-order valence-corrected chi connectivity index (χ1v) is 7.26. The average molecular weight is 271 g/mol. The molecular formula is C17H25N3. The lowest BCUT2D eigenvalue weighted by molar-refractivity contribution is 0.630. The van der Waals surface area contributed by atoms with Crippen LogP contribution in [0, 0.1) is 5.92 Å². The van der Waals surface area contributed by atoms with Crippen molar-refractivity contribution in [3.05, 3.63) is 35.9 Å². The van der Waals surface area contributed by atoms with Crippen molar-refractivity contribution in [2.45, 2.75) is 46.6 Å². The summed E-state index contributed by atoms with van der Waals surface area (Å²) in [6.07, 6.45) is 1.13. The predicted octanol–water partition coefficient (Wildman–Crippen LogP) is 4.49. The van der Waals surface area contributed by atoms with Crippen molar-refractivity contribution >= 4 is 5.82 Å². The summed E-state index contributed by atoms with van der Waals surface area (Å²) < 4.78 is 0. The summed E-state index contributed by atoms with van der Waals surface area (Å²) >= 11 is 0. The highest BCUT2D eigenvalue weighted by Crippen LogP contribution is 2.22. The van der Waals surface area contributed by atoms with E-state index < -0.39 is 0 Å². The average Bonchev–Trinajstić information content (AvgIpc) is 2.75. The molecule has 0 amide bonds. The van der Waals surface area contributed by atoms with Crippen LogP contribution in [-0.4, -0.2) is 15.7 Å². The molecule has 2 aromatic rings. The van der Waals surface area contributed by atoms with Gasteiger partial charge < -0.3 is 5.32 Å². The van der Waals surface area contributed by atoms with Gasteiger partial charge in [0.15, 0.2) is 0 Å². The summed E-state index contributed by atoms with van der Waals surface area (Å²) in [4.78, 5) is 0. The molecule has 0 saturated heterocycles. The molecule has 0 aliphatic heterocycles. The molecule has 0 fully saturated rings. The van der Waals surface area contributed by atoms with Gasteiger partial charge in [0.05, 0.1) is 5.69 Å². The minimum absolute atomic E-state index is 0.0214. The number of nitrogens with one attached hydrogen (secondary N) is 2. The number of aromatic nitrogens is 2. The predicted molar refractivity (Wildman–Crippen MR) is 85.9 cm³/mol. The Bertz CT molecular complexity index is 544. The van der Waals surface area contributed by atoms with Crippen molar-refractivity contribution < 1.29 is 0 Å². The maximum Gasteiger partial charge on any atom is 0.148 e. The lowest BCUT2D eigenvalue weighted by Crippen LogP contribution is -2.26. The van der Waals surface area contributed by atoms with Gasteiger partial charge in [0, 0.05) is 11.6 Å². The topological polar surface area (TPSA) is 40.7 Å². The minimum Gasteiger partial charge on any atom is -0.364 e.